The fourth-order valence-corrected chi connectivity index (χ4v) is 3.21. The van der Waals surface area contributed by atoms with Crippen LogP contribution in [0.1, 0.15) is 91.9 Å². The Morgan fingerprint density at radius 2 is 1.25 bits per heavy atom. The highest BCUT2D eigenvalue weighted by Gasteiger charge is 2.30. The highest BCUT2D eigenvalue weighted by Crippen LogP contribution is 2.31. The van der Waals surface area contributed by atoms with E-state index in [1.165, 1.54) is 38.5 Å². The van der Waals surface area contributed by atoms with E-state index < -0.39 is 5.60 Å². The monoisotopic (exact) mass is 285 g/mol. The number of nitrogens with two attached hydrogens (primary N) is 1. The SMILES string of the molecule is CCCCC(CC)CC(O)(CN)CC(CC)CCCC. The highest BCUT2D eigenvalue weighted by molar-refractivity contribution is 4.85. The molecule has 0 fully saturated rings. The number of aliphatic hydroxyl groups is 1. The number of hydrogen-bond acceptors (Lipinski definition) is 2. The predicted octanol–water partition coefficient (Wildman–Crippen LogP) is 4.89. The van der Waals surface area contributed by atoms with E-state index in [0.29, 0.717) is 18.4 Å². The summed E-state index contributed by atoms with van der Waals surface area (Å²) < 4.78 is 0. The van der Waals surface area contributed by atoms with Crippen molar-refractivity contribution in [1.29, 1.82) is 0 Å². The van der Waals surface area contributed by atoms with Gasteiger partial charge in [0.25, 0.3) is 0 Å². The normalized spacial score (nSPS) is 17.7. The lowest BCUT2D eigenvalue weighted by molar-refractivity contribution is -0.00286. The standard InChI is InChI=1S/C18H39NO/c1-5-9-11-16(7-3)13-18(20,15-19)14-17(8-4)12-10-6-2/h16-17,20H,5-15,19H2,1-4H3. The van der Waals surface area contributed by atoms with Gasteiger partial charge in [-0.1, -0.05) is 79.1 Å². The second kappa shape index (κ2) is 11.6. The molecular formula is C18H39NO. The second-order valence-corrected chi connectivity index (χ2v) is 6.67. The van der Waals surface area contributed by atoms with Crippen molar-refractivity contribution in [3.63, 3.8) is 0 Å². The van der Waals surface area contributed by atoms with Gasteiger partial charge in [-0.15, -0.1) is 0 Å². The first-order chi connectivity index (χ1) is 9.55. The van der Waals surface area contributed by atoms with Crippen LogP contribution in [-0.2, 0) is 0 Å². The van der Waals surface area contributed by atoms with Gasteiger partial charge >= 0.3 is 0 Å². The lowest BCUT2D eigenvalue weighted by atomic mass is 9.78. The molecule has 0 spiro atoms. The molecule has 0 saturated carbocycles. The smallest absolute Gasteiger partial charge is 0.0774 e. The van der Waals surface area contributed by atoms with Crippen molar-refractivity contribution >= 4 is 0 Å². The van der Waals surface area contributed by atoms with Crippen LogP contribution in [0.4, 0.5) is 0 Å². The molecule has 0 amide bonds. The van der Waals surface area contributed by atoms with E-state index in [9.17, 15) is 5.11 Å². The van der Waals surface area contributed by atoms with Crippen molar-refractivity contribution in [2.45, 2.75) is 97.5 Å². The number of hydrogen-bond donors (Lipinski definition) is 2. The van der Waals surface area contributed by atoms with E-state index in [1.807, 2.05) is 0 Å². The first kappa shape index (κ1) is 19.9. The number of unbranched alkanes of at least 4 members (excludes halogenated alkanes) is 2. The second-order valence-electron chi connectivity index (χ2n) is 6.67. The third-order valence-corrected chi connectivity index (χ3v) is 4.80. The van der Waals surface area contributed by atoms with E-state index in [2.05, 4.69) is 27.7 Å². The Morgan fingerprint density at radius 3 is 1.50 bits per heavy atom. The van der Waals surface area contributed by atoms with Crippen LogP contribution in [0.5, 0.6) is 0 Å². The molecule has 2 unspecified atom stereocenters. The quantitative estimate of drug-likeness (QED) is 0.506. The molecule has 0 aromatic carbocycles. The molecule has 0 heterocycles. The average molecular weight is 286 g/mol. The first-order valence-electron chi connectivity index (χ1n) is 8.97. The van der Waals surface area contributed by atoms with Gasteiger partial charge in [-0.25, -0.2) is 0 Å². The summed E-state index contributed by atoms with van der Waals surface area (Å²) in [6, 6.07) is 0. The van der Waals surface area contributed by atoms with Crippen LogP contribution in [0, 0.1) is 11.8 Å². The molecule has 0 rings (SSSR count). The van der Waals surface area contributed by atoms with Crippen LogP contribution < -0.4 is 5.73 Å². The molecule has 2 nitrogen and oxygen atoms in total. The van der Waals surface area contributed by atoms with Gasteiger partial charge in [-0.05, 0) is 24.7 Å². The molecule has 0 aliphatic rings. The third-order valence-electron chi connectivity index (χ3n) is 4.80. The molecule has 0 bridgehead atoms. The highest BCUT2D eigenvalue weighted by atomic mass is 16.3. The Bertz CT molecular complexity index is 199. The van der Waals surface area contributed by atoms with Gasteiger partial charge in [0, 0.05) is 6.54 Å². The molecule has 0 aromatic heterocycles. The van der Waals surface area contributed by atoms with E-state index >= 15 is 0 Å². The Balaban J connectivity index is 4.47. The molecule has 0 aliphatic heterocycles. The van der Waals surface area contributed by atoms with Crippen LogP contribution in [-0.4, -0.2) is 17.3 Å². The maximum atomic E-state index is 10.9. The largest absolute Gasteiger partial charge is 0.389 e. The summed E-state index contributed by atoms with van der Waals surface area (Å²) in [7, 11) is 0. The lowest BCUT2D eigenvalue weighted by Crippen LogP contribution is -2.41. The zero-order valence-corrected chi connectivity index (χ0v) is 14.5. The minimum Gasteiger partial charge on any atom is -0.389 e. The van der Waals surface area contributed by atoms with Crippen molar-refractivity contribution < 1.29 is 5.11 Å². The van der Waals surface area contributed by atoms with Gasteiger partial charge in [0.15, 0.2) is 0 Å². The van der Waals surface area contributed by atoms with Crippen LogP contribution in [0.3, 0.4) is 0 Å². The first-order valence-corrected chi connectivity index (χ1v) is 8.97. The summed E-state index contributed by atoms with van der Waals surface area (Å²) in [6.45, 7) is 9.37. The van der Waals surface area contributed by atoms with Crippen molar-refractivity contribution in [2.75, 3.05) is 6.54 Å². The van der Waals surface area contributed by atoms with Crippen LogP contribution in [0.2, 0.25) is 0 Å². The summed E-state index contributed by atoms with van der Waals surface area (Å²) in [5, 5.41) is 10.9. The van der Waals surface area contributed by atoms with Gasteiger partial charge < -0.3 is 10.8 Å². The topological polar surface area (TPSA) is 46.2 Å². The summed E-state index contributed by atoms with van der Waals surface area (Å²) in [6.07, 6.45) is 11.6. The van der Waals surface area contributed by atoms with Crippen molar-refractivity contribution in [1.82, 2.24) is 0 Å². The van der Waals surface area contributed by atoms with Crippen molar-refractivity contribution in [2.24, 2.45) is 17.6 Å². The zero-order valence-electron chi connectivity index (χ0n) is 14.5. The van der Waals surface area contributed by atoms with E-state index in [-0.39, 0.29) is 0 Å². The van der Waals surface area contributed by atoms with Gasteiger partial charge in [-0.2, -0.15) is 0 Å². The predicted molar refractivity (Wildman–Crippen MR) is 89.9 cm³/mol. The summed E-state index contributed by atoms with van der Waals surface area (Å²) in [5.74, 6) is 1.26. The maximum absolute atomic E-state index is 10.9. The van der Waals surface area contributed by atoms with Crippen LogP contribution >= 0.6 is 0 Å². The molecule has 20 heavy (non-hydrogen) atoms. The summed E-state index contributed by atoms with van der Waals surface area (Å²) >= 11 is 0. The van der Waals surface area contributed by atoms with Crippen molar-refractivity contribution in [3.8, 4) is 0 Å². The molecule has 122 valence electrons. The third kappa shape index (κ3) is 8.26. The van der Waals surface area contributed by atoms with Gasteiger partial charge in [-0.3, -0.25) is 0 Å². The average Bonchev–Trinajstić information content (AvgIpc) is 2.47. The zero-order chi connectivity index (χ0) is 15.4. The minimum absolute atomic E-state index is 0.415. The number of rotatable bonds is 13. The molecule has 0 saturated heterocycles. The molecule has 2 heteroatoms. The molecule has 0 aliphatic carbocycles. The Morgan fingerprint density at radius 1 is 0.850 bits per heavy atom. The molecule has 2 atom stereocenters. The van der Waals surface area contributed by atoms with Crippen LogP contribution in [0.15, 0.2) is 0 Å². The van der Waals surface area contributed by atoms with E-state index in [4.69, 9.17) is 5.73 Å². The van der Waals surface area contributed by atoms with E-state index in [0.717, 1.165) is 25.7 Å². The molecule has 3 N–H and O–H groups in total. The van der Waals surface area contributed by atoms with Gasteiger partial charge in [0.1, 0.15) is 0 Å². The van der Waals surface area contributed by atoms with Crippen LogP contribution in [0.25, 0.3) is 0 Å². The Hall–Kier alpha value is -0.0800. The summed E-state index contributed by atoms with van der Waals surface area (Å²) in [5.41, 5.74) is 5.28. The van der Waals surface area contributed by atoms with Gasteiger partial charge in [0.05, 0.1) is 5.60 Å². The van der Waals surface area contributed by atoms with Gasteiger partial charge in [0.2, 0.25) is 0 Å². The fourth-order valence-electron chi connectivity index (χ4n) is 3.21. The Kier molecular flexibility index (Phi) is 11.5. The molecule has 0 aromatic rings. The maximum Gasteiger partial charge on any atom is 0.0774 e. The van der Waals surface area contributed by atoms with Crippen molar-refractivity contribution in [3.05, 3.63) is 0 Å². The minimum atomic E-state index is -0.636. The summed E-state index contributed by atoms with van der Waals surface area (Å²) in [4.78, 5) is 0. The lowest BCUT2D eigenvalue weighted by Gasteiger charge is -2.34. The Labute approximate surface area is 127 Å². The molecular weight excluding hydrogens is 246 g/mol. The van der Waals surface area contributed by atoms with E-state index in [1.54, 1.807) is 0 Å². The fraction of sp³-hybridized carbons (Fsp3) is 1.00. The molecule has 0 radical (unpaired) electrons.